The van der Waals surface area contributed by atoms with Crippen molar-refractivity contribution < 1.29 is 9.59 Å². The molecule has 2 amide bonds. The predicted molar refractivity (Wildman–Crippen MR) is 90.5 cm³/mol. The fourth-order valence-corrected chi connectivity index (χ4v) is 3.68. The molecule has 0 saturated carbocycles. The van der Waals surface area contributed by atoms with Gasteiger partial charge in [-0.15, -0.1) is 0 Å². The molecule has 1 aromatic heterocycles. The van der Waals surface area contributed by atoms with Crippen LogP contribution in [-0.2, 0) is 16.6 Å². The van der Waals surface area contributed by atoms with Crippen LogP contribution in [0.2, 0.25) is 0 Å². The van der Waals surface area contributed by atoms with Gasteiger partial charge in [-0.25, -0.2) is 0 Å². The van der Waals surface area contributed by atoms with Crippen LogP contribution in [0.1, 0.15) is 19.3 Å². The first-order valence-electron chi connectivity index (χ1n) is 8.47. The van der Waals surface area contributed by atoms with Gasteiger partial charge in [-0.3, -0.25) is 24.1 Å². The number of carbonyl (C=O) groups excluding carboxylic acids is 2. The fraction of sp³-hybridized carbons (Fsp3) is 0.688. The SMILES string of the molecule is CN1CCN(CC(=O)Nc2ccn(C)n2)C[C@]12CCNC(=O)CC2. The number of aryl methyl sites for hydroxylation is 1. The molecule has 132 valence electrons. The highest BCUT2D eigenvalue weighted by atomic mass is 16.2. The standard InChI is InChI=1S/C16H26N6O2/c1-20-9-10-22(11-15(24)18-13-4-8-21(2)19-13)12-16(20)5-3-14(23)17-7-6-16/h4,8H,3,5-7,9-12H2,1-2H3,(H,17,23)(H,18,19,24)/t16-/m0/s1. The van der Waals surface area contributed by atoms with Gasteiger partial charge < -0.3 is 10.6 Å². The summed E-state index contributed by atoms with van der Waals surface area (Å²) in [5.74, 6) is 0.664. The van der Waals surface area contributed by atoms with Crippen LogP contribution in [0.4, 0.5) is 5.82 Å². The maximum atomic E-state index is 12.3. The number of amides is 2. The molecular weight excluding hydrogens is 308 g/mol. The second-order valence-electron chi connectivity index (χ2n) is 6.88. The van der Waals surface area contributed by atoms with Crippen LogP contribution in [-0.4, -0.2) is 76.7 Å². The summed E-state index contributed by atoms with van der Waals surface area (Å²) in [5, 5.41) is 9.96. The maximum Gasteiger partial charge on any atom is 0.239 e. The van der Waals surface area contributed by atoms with Gasteiger partial charge in [0.25, 0.3) is 0 Å². The molecule has 0 radical (unpaired) electrons. The molecule has 3 rings (SSSR count). The van der Waals surface area contributed by atoms with Crippen molar-refractivity contribution in [1.82, 2.24) is 24.9 Å². The Hall–Kier alpha value is -1.93. The van der Waals surface area contributed by atoms with Crippen molar-refractivity contribution in [3.63, 3.8) is 0 Å². The average molecular weight is 334 g/mol. The Kier molecular flexibility index (Phi) is 4.86. The summed E-state index contributed by atoms with van der Waals surface area (Å²) < 4.78 is 1.66. The van der Waals surface area contributed by atoms with Crippen molar-refractivity contribution >= 4 is 17.6 Å². The number of anilines is 1. The van der Waals surface area contributed by atoms with Crippen molar-refractivity contribution in [1.29, 1.82) is 0 Å². The molecule has 2 N–H and O–H groups in total. The van der Waals surface area contributed by atoms with Gasteiger partial charge >= 0.3 is 0 Å². The minimum Gasteiger partial charge on any atom is -0.356 e. The number of aromatic nitrogens is 2. The smallest absolute Gasteiger partial charge is 0.239 e. The number of piperazine rings is 1. The second kappa shape index (κ2) is 6.90. The zero-order chi connectivity index (χ0) is 17.2. The lowest BCUT2D eigenvalue weighted by Crippen LogP contribution is -2.61. The summed E-state index contributed by atoms with van der Waals surface area (Å²) in [5.41, 5.74) is -0.0251. The summed E-state index contributed by atoms with van der Waals surface area (Å²) in [4.78, 5) is 28.5. The maximum absolute atomic E-state index is 12.3. The van der Waals surface area contributed by atoms with E-state index in [1.807, 2.05) is 7.05 Å². The lowest BCUT2D eigenvalue weighted by molar-refractivity contribution is -0.121. The van der Waals surface area contributed by atoms with E-state index in [2.05, 4.69) is 32.6 Å². The van der Waals surface area contributed by atoms with Crippen molar-refractivity contribution in [3.05, 3.63) is 12.3 Å². The predicted octanol–water partition coefficient (Wildman–Crippen LogP) is -0.355. The van der Waals surface area contributed by atoms with E-state index in [4.69, 9.17) is 0 Å². The van der Waals surface area contributed by atoms with Crippen LogP contribution < -0.4 is 10.6 Å². The highest BCUT2D eigenvalue weighted by Gasteiger charge is 2.41. The molecule has 2 aliphatic rings. The number of nitrogens with zero attached hydrogens (tertiary/aromatic N) is 4. The van der Waals surface area contributed by atoms with E-state index in [1.165, 1.54) is 0 Å². The Labute approximate surface area is 142 Å². The molecule has 0 bridgehead atoms. The molecule has 0 aromatic carbocycles. The average Bonchev–Trinajstić information content (AvgIpc) is 2.84. The Morgan fingerprint density at radius 1 is 1.38 bits per heavy atom. The topological polar surface area (TPSA) is 82.5 Å². The van der Waals surface area contributed by atoms with Crippen LogP contribution >= 0.6 is 0 Å². The normalized spacial score (nSPS) is 26.2. The van der Waals surface area contributed by atoms with E-state index in [1.54, 1.807) is 16.9 Å². The van der Waals surface area contributed by atoms with Gasteiger partial charge in [0.1, 0.15) is 0 Å². The zero-order valence-corrected chi connectivity index (χ0v) is 14.4. The Bertz CT molecular complexity index is 615. The summed E-state index contributed by atoms with van der Waals surface area (Å²) in [7, 11) is 3.95. The molecule has 1 spiro atoms. The summed E-state index contributed by atoms with van der Waals surface area (Å²) in [6, 6.07) is 1.78. The minimum absolute atomic E-state index is 0.0251. The van der Waals surface area contributed by atoms with E-state index >= 15 is 0 Å². The molecule has 0 unspecified atom stereocenters. The molecule has 2 saturated heterocycles. The van der Waals surface area contributed by atoms with Crippen molar-refractivity contribution in [2.24, 2.45) is 7.05 Å². The molecule has 24 heavy (non-hydrogen) atoms. The van der Waals surface area contributed by atoms with Crippen LogP contribution in [0.25, 0.3) is 0 Å². The second-order valence-corrected chi connectivity index (χ2v) is 6.88. The van der Waals surface area contributed by atoms with Crippen LogP contribution in [0.15, 0.2) is 12.3 Å². The van der Waals surface area contributed by atoms with Gasteiger partial charge in [-0.05, 0) is 19.9 Å². The van der Waals surface area contributed by atoms with E-state index < -0.39 is 0 Å². The highest BCUT2D eigenvalue weighted by Crippen LogP contribution is 2.30. The van der Waals surface area contributed by atoms with Crippen molar-refractivity contribution in [2.75, 3.05) is 45.1 Å². The first kappa shape index (κ1) is 16.9. The lowest BCUT2D eigenvalue weighted by Gasteiger charge is -2.49. The summed E-state index contributed by atoms with van der Waals surface area (Å²) in [6.07, 6.45) is 4.12. The molecule has 8 heteroatoms. The largest absolute Gasteiger partial charge is 0.356 e. The van der Waals surface area contributed by atoms with Crippen molar-refractivity contribution in [2.45, 2.75) is 24.8 Å². The highest BCUT2D eigenvalue weighted by molar-refractivity contribution is 5.91. The number of rotatable bonds is 3. The van der Waals surface area contributed by atoms with Gasteiger partial charge in [0.15, 0.2) is 5.82 Å². The summed E-state index contributed by atoms with van der Waals surface area (Å²) >= 11 is 0. The van der Waals surface area contributed by atoms with E-state index in [0.717, 1.165) is 32.5 Å². The van der Waals surface area contributed by atoms with Crippen molar-refractivity contribution in [3.8, 4) is 0 Å². The monoisotopic (exact) mass is 334 g/mol. The van der Waals surface area contributed by atoms with Crippen LogP contribution in [0.3, 0.4) is 0 Å². The van der Waals surface area contributed by atoms with Gasteiger partial charge in [-0.2, -0.15) is 5.10 Å². The summed E-state index contributed by atoms with van der Waals surface area (Å²) in [6.45, 7) is 3.64. The Morgan fingerprint density at radius 3 is 2.96 bits per heavy atom. The third-order valence-corrected chi connectivity index (χ3v) is 5.16. The Morgan fingerprint density at radius 2 is 2.21 bits per heavy atom. The molecular formula is C16H26N6O2. The first-order valence-corrected chi connectivity index (χ1v) is 8.47. The number of hydrogen-bond donors (Lipinski definition) is 2. The van der Waals surface area contributed by atoms with Gasteiger partial charge in [-0.1, -0.05) is 0 Å². The van der Waals surface area contributed by atoms with E-state index in [0.29, 0.717) is 25.3 Å². The molecule has 1 aromatic rings. The third-order valence-electron chi connectivity index (χ3n) is 5.16. The van der Waals surface area contributed by atoms with Gasteiger partial charge in [0, 0.05) is 57.4 Å². The molecule has 8 nitrogen and oxygen atoms in total. The number of hydrogen-bond acceptors (Lipinski definition) is 5. The minimum atomic E-state index is -0.0452. The molecule has 3 heterocycles. The lowest BCUT2D eigenvalue weighted by atomic mass is 9.86. The number of likely N-dealkylation sites (N-methyl/N-ethyl adjacent to an activating group) is 1. The fourth-order valence-electron chi connectivity index (χ4n) is 3.68. The van der Waals surface area contributed by atoms with Crippen LogP contribution in [0.5, 0.6) is 0 Å². The molecule has 2 aliphatic heterocycles. The zero-order valence-electron chi connectivity index (χ0n) is 14.4. The molecule has 0 aliphatic carbocycles. The molecule has 1 atom stereocenters. The quantitative estimate of drug-likeness (QED) is 0.789. The van der Waals surface area contributed by atoms with E-state index in [9.17, 15) is 9.59 Å². The Balaban J connectivity index is 1.60. The third kappa shape index (κ3) is 3.76. The van der Waals surface area contributed by atoms with E-state index in [-0.39, 0.29) is 17.4 Å². The first-order chi connectivity index (χ1) is 11.5. The number of carbonyl (C=O) groups is 2. The number of nitrogens with one attached hydrogen (secondary N) is 2. The van der Waals surface area contributed by atoms with Gasteiger partial charge in [0.2, 0.25) is 11.8 Å². The molecule has 2 fully saturated rings. The van der Waals surface area contributed by atoms with Crippen LogP contribution in [0, 0.1) is 0 Å². The van der Waals surface area contributed by atoms with Gasteiger partial charge in [0.05, 0.1) is 6.54 Å².